The summed E-state index contributed by atoms with van der Waals surface area (Å²) in [5.74, 6) is 0.803. The fraction of sp³-hybridized carbons (Fsp3) is 0.529. The van der Waals surface area contributed by atoms with Gasteiger partial charge in [0.1, 0.15) is 0 Å². The Morgan fingerprint density at radius 2 is 1.48 bits per heavy atom. The van der Waals surface area contributed by atoms with Gasteiger partial charge in [0.25, 0.3) is 0 Å². The van der Waals surface area contributed by atoms with Gasteiger partial charge in [0.15, 0.2) is 0 Å². The summed E-state index contributed by atoms with van der Waals surface area (Å²) in [6.45, 7) is 10.3. The van der Waals surface area contributed by atoms with Crippen LogP contribution in [0.4, 0.5) is 11.4 Å². The van der Waals surface area contributed by atoms with Crippen molar-refractivity contribution in [2.24, 2.45) is 21.8 Å². The highest BCUT2D eigenvalue weighted by Gasteiger charge is 2.18. The molecule has 0 saturated heterocycles. The third-order valence-electron chi connectivity index (χ3n) is 3.20. The summed E-state index contributed by atoms with van der Waals surface area (Å²) in [7, 11) is 0. The number of hydrogen-bond donors (Lipinski definition) is 0. The van der Waals surface area contributed by atoms with E-state index in [9.17, 15) is 9.59 Å². The molecule has 0 aliphatic carbocycles. The van der Waals surface area contributed by atoms with Gasteiger partial charge in [0.2, 0.25) is 12.2 Å². The Labute approximate surface area is 126 Å². The number of aryl methyl sites for hydroxylation is 1. The predicted molar refractivity (Wildman–Crippen MR) is 83.8 cm³/mol. The van der Waals surface area contributed by atoms with E-state index in [4.69, 9.17) is 0 Å². The van der Waals surface area contributed by atoms with E-state index >= 15 is 0 Å². The lowest BCUT2D eigenvalue weighted by atomic mass is 9.91. The van der Waals surface area contributed by atoms with Gasteiger partial charge >= 0.3 is 0 Å². The average Bonchev–Trinajstić information content (AvgIpc) is 2.37. The van der Waals surface area contributed by atoms with Crippen LogP contribution in [0, 0.1) is 18.8 Å². The summed E-state index contributed by atoms with van der Waals surface area (Å²) in [6.07, 6.45) is 4.76. The van der Waals surface area contributed by atoms with E-state index in [1.165, 1.54) is 0 Å². The lowest BCUT2D eigenvalue weighted by molar-refractivity contribution is 0.564. The summed E-state index contributed by atoms with van der Waals surface area (Å²) in [4.78, 5) is 29.2. The third kappa shape index (κ3) is 4.49. The summed E-state index contributed by atoms with van der Waals surface area (Å²) < 4.78 is 0. The van der Waals surface area contributed by atoms with Gasteiger partial charge in [-0.2, -0.15) is 9.98 Å². The van der Waals surface area contributed by atoms with E-state index in [0.29, 0.717) is 29.6 Å². The molecule has 112 valence electrons. The first-order chi connectivity index (χ1) is 9.90. The lowest BCUT2D eigenvalue weighted by Gasteiger charge is -2.17. The van der Waals surface area contributed by atoms with Gasteiger partial charge in [-0.3, -0.25) is 0 Å². The molecule has 4 nitrogen and oxygen atoms in total. The monoisotopic (exact) mass is 286 g/mol. The van der Waals surface area contributed by atoms with E-state index in [1.807, 2.05) is 13.0 Å². The van der Waals surface area contributed by atoms with Crippen molar-refractivity contribution in [1.29, 1.82) is 0 Å². The molecule has 0 aliphatic heterocycles. The van der Waals surface area contributed by atoms with Crippen molar-refractivity contribution in [2.45, 2.75) is 47.5 Å². The molecule has 0 fully saturated rings. The van der Waals surface area contributed by atoms with E-state index < -0.39 is 0 Å². The van der Waals surface area contributed by atoms with Gasteiger partial charge in [-0.1, -0.05) is 33.8 Å². The molecular weight excluding hydrogens is 264 g/mol. The second-order valence-corrected chi connectivity index (χ2v) is 6.13. The molecule has 1 aromatic carbocycles. The van der Waals surface area contributed by atoms with Crippen molar-refractivity contribution in [3.05, 3.63) is 22.8 Å². The van der Waals surface area contributed by atoms with Crippen LogP contribution < -0.4 is 0 Å². The zero-order valence-corrected chi connectivity index (χ0v) is 13.4. The first-order valence-electron chi connectivity index (χ1n) is 7.21. The first-order valence-corrected chi connectivity index (χ1v) is 7.21. The van der Waals surface area contributed by atoms with E-state index in [0.717, 1.165) is 23.1 Å². The largest absolute Gasteiger partial charge is 0.240 e. The number of rotatable bonds is 6. The standard InChI is InChI=1S/C17H22N2O2/c1-11(2)6-14-8-13(5)16(18-9-20)15(7-12(3)4)17(14)19-10-21/h8,11-12H,6-7H2,1-5H3. The average molecular weight is 286 g/mol. The fourth-order valence-electron chi connectivity index (χ4n) is 2.53. The van der Waals surface area contributed by atoms with Crippen molar-refractivity contribution in [3.8, 4) is 0 Å². The molecule has 0 N–H and O–H groups in total. The summed E-state index contributed by atoms with van der Waals surface area (Å²) in [6, 6.07) is 1.95. The highest BCUT2D eigenvalue weighted by molar-refractivity contribution is 5.72. The number of hydrogen-bond acceptors (Lipinski definition) is 4. The number of benzene rings is 1. The minimum Gasteiger partial charge on any atom is -0.211 e. The zero-order valence-electron chi connectivity index (χ0n) is 13.4. The highest BCUT2D eigenvalue weighted by atomic mass is 16.1. The molecule has 0 atom stereocenters. The third-order valence-corrected chi connectivity index (χ3v) is 3.20. The van der Waals surface area contributed by atoms with Crippen LogP contribution in [-0.2, 0) is 22.4 Å². The lowest BCUT2D eigenvalue weighted by Crippen LogP contribution is -2.02. The van der Waals surface area contributed by atoms with Crippen molar-refractivity contribution in [2.75, 3.05) is 0 Å². The van der Waals surface area contributed by atoms with Gasteiger partial charge in [-0.25, -0.2) is 9.59 Å². The Hall–Kier alpha value is -2.02. The first kappa shape index (κ1) is 17.0. The Morgan fingerprint density at radius 1 is 0.952 bits per heavy atom. The Kier molecular flexibility index (Phi) is 6.23. The molecule has 0 amide bonds. The molecule has 0 unspecified atom stereocenters. The van der Waals surface area contributed by atoms with Crippen LogP contribution in [0.3, 0.4) is 0 Å². The number of nitrogens with zero attached hydrogens (tertiary/aromatic N) is 2. The van der Waals surface area contributed by atoms with Crippen molar-refractivity contribution >= 4 is 23.5 Å². The molecule has 0 bridgehead atoms. The molecule has 1 aromatic rings. The van der Waals surface area contributed by atoms with Crippen molar-refractivity contribution < 1.29 is 9.59 Å². The maximum Gasteiger partial charge on any atom is 0.240 e. The molecular formula is C17H22N2O2. The predicted octanol–water partition coefficient (Wildman–Crippen LogP) is 4.33. The van der Waals surface area contributed by atoms with Crippen LogP contribution in [0.5, 0.6) is 0 Å². The Morgan fingerprint density at radius 3 is 1.95 bits per heavy atom. The minimum atomic E-state index is 0.361. The summed E-state index contributed by atoms with van der Waals surface area (Å²) in [5, 5.41) is 0. The van der Waals surface area contributed by atoms with Crippen molar-refractivity contribution in [1.82, 2.24) is 0 Å². The smallest absolute Gasteiger partial charge is 0.211 e. The second-order valence-electron chi connectivity index (χ2n) is 6.13. The molecule has 0 spiro atoms. The Balaban J connectivity index is 3.66. The second kappa shape index (κ2) is 7.68. The number of carbonyl (C=O) groups excluding carboxylic acids is 2. The summed E-state index contributed by atoms with van der Waals surface area (Å²) in [5.41, 5.74) is 3.96. The quantitative estimate of drug-likeness (QED) is 0.577. The van der Waals surface area contributed by atoms with Crippen LogP contribution in [0.1, 0.15) is 44.4 Å². The molecule has 4 heteroatoms. The molecule has 1 rings (SSSR count). The molecule has 0 saturated carbocycles. The van der Waals surface area contributed by atoms with Gasteiger partial charge in [-0.15, -0.1) is 0 Å². The molecule has 0 heterocycles. The highest BCUT2D eigenvalue weighted by Crippen LogP contribution is 2.38. The van der Waals surface area contributed by atoms with Crippen molar-refractivity contribution in [3.63, 3.8) is 0 Å². The van der Waals surface area contributed by atoms with Crippen LogP contribution in [0.15, 0.2) is 16.1 Å². The molecule has 21 heavy (non-hydrogen) atoms. The van der Waals surface area contributed by atoms with Crippen LogP contribution in [0.2, 0.25) is 0 Å². The van der Waals surface area contributed by atoms with Gasteiger partial charge in [0.05, 0.1) is 11.4 Å². The topological polar surface area (TPSA) is 58.9 Å². The van der Waals surface area contributed by atoms with Crippen LogP contribution in [0.25, 0.3) is 0 Å². The van der Waals surface area contributed by atoms with E-state index in [1.54, 1.807) is 12.2 Å². The maximum absolute atomic E-state index is 10.8. The maximum atomic E-state index is 10.8. The van der Waals surface area contributed by atoms with Gasteiger partial charge in [-0.05, 0) is 42.7 Å². The summed E-state index contributed by atoms with van der Waals surface area (Å²) >= 11 is 0. The SMILES string of the molecule is Cc1cc(CC(C)C)c(N=C=O)c(CC(C)C)c1N=C=O. The number of isocyanates is 2. The van der Waals surface area contributed by atoms with Crippen LogP contribution in [-0.4, -0.2) is 12.2 Å². The number of aliphatic imine (C=N–C) groups is 2. The van der Waals surface area contributed by atoms with E-state index in [2.05, 4.69) is 37.7 Å². The molecule has 0 aliphatic rings. The normalized spacial score (nSPS) is 10.4. The van der Waals surface area contributed by atoms with E-state index in [-0.39, 0.29) is 0 Å². The molecule has 0 aromatic heterocycles. The Bertz CT molecular complexity index is 606. The fourth-order valence-corrected chi connectivity index (χ4v) is 2.53. The zero-order chi connectivity index (χ0) is 16.0. The van der Waals surface area contributed by atoms with Gasteiger partial charge < -0.3 is 0 Å². The van der Waals surface area contributed by atoms with Crippen LogP contribution >= 0.6 is 0 Å². The molecule has 0 radical (unpaired) electrons. The minimum absolute atomic E-state index is 0.361. The van der Waals surface area contributed by atoms with Gasteiger partial charge in [0, 0.05) is 5.56 Å².